The van der Waals surface area contributed by atoms with Crippen molar-refractivity contribution >= 4 is 11.6 Å². The lowest BCUT2D eigenvalue weighted by molar-refractivity contribution is 0.0778. The number of nitrogens with one attached hydrogen (secondary N) is 1. The molecule has 0 fully saturated rings. The van der Waals surface area contributed by atoms with E-state index in [9.17, 15) is 10.4 Å². The van der Waals surface area contributed by atoms with Crippen LogP contribution < -0.4 is 10.1 Å². The minimum absolute atomic E-state index is 0.00712. The molecule has 0 aliphatic heterocycles. The molecule has 3 aromatic rings. The Morgan fingerprint density at radius 2 is 1.82 bits per heavy atom. The summed E-state index contributed by atoms with van der Waals surface area (Å²) in [6.45, 7) is 4.65. The van der Waals surface area contributed by atoms with Gasteiger partial charge in [-0.3, -0.25) is 0 Å². The highest BCUT2D eigenvalue weighted by atomic mass is 35.5. The van der Waals surface area contributed by atoms with Crippen molar-refractivity contribution in [2.75, 3.05) is 26.9 Å². The molecule has 0 heterocycles. The molecule has 1 unspecified atom stereocenters. The maximum Gasteiger partial charge on any atom is 0.174 e. The summed E-state index contributed by atoms with van der Waals surface area (Å²) < 4.78 is 26.0. The fraction of sp³-hybridized carbons (Fsp3) is 0.296. The van der Waals surface area contributed by atoms with Gasteiger partial charge in [-0.1, -0.05) is 61.8 Å². The molecule has 0 aromatic heterocycles. The lowest BCUT2D eigenvalue weighted by Crippen LogP contribution is -2.41. The Balaban J connectivity index is 2.16. The van der Waals surface area contributed by atoms with Gasteiger partial charge in [0.1, 0.15) is 12.2 Å². The summed E-state index contributed by atoms with van der Waals surface area (Å²) in [4.78, 5) is 0. The summed E-state index contributed by atoms with van der Waals surface area (Å²) in [5, 5.41) is 25.1. The first-order valence-electron chi connectivity index (χ1n) is 11.0. The zero-order valence-corrected chi connectivity index (χ0v) is 20.2. The van der Waals surface area contributed by atoms with E-state index >= 15 is 4.39 Å². The van der Waals surface area contributed by atoms with Gasteiger partial charge in [-0.2, -0.15) is 5.26 Å². The first-order valence-corrected chi connectivity index (χ1v) is 11.4. The number of methoxy groups -OCH3 is 1. The van der Waals surface area contributed by atoms with Crippen LogP contribution in [0.1, 0.15) is 30.5 Å². The molecule has 34 heavy (non-hydrogen) atoms. The van der Waals surface area contributed by atoms with E-state index in [0.29, 0.717) is 16.7 Å². The smallest absolute Gasteiger partial charge is 0.174 e. The number of benzene rings is 3. The zero-order chi connectivity index (χ0) is 24.7. The fourth-order valence-electron chi connectivity index (χ4n) is 3.67. The van der Waals surface area contributed by atoms with Gasteiger partial charge in [0.05, 0.1) is 18.2 Å². The van der Waals surface area contributed by atoms with Crippen molar-refractivity contribution in [1.29, 1.82) is 5.26 Å². The highest BCUT2D eigenvalue weighted by molar-refractivity contribution is 6.33. The van der Waals surface area contributed by atoms with E-state index < -0.39 is 11.4 Å². The number of halogens is 2. The molecule has 1 atom stereocenters. The monoisotopic (exact) mass is 482 g/mol. The molecule has 178 valence electrons. The van der Waals surface area contributed by atoms with E-state index in [-0.39, 0.29) is 47.7 Å². The van der Waals surface area contributed by atoms with Gasteiger partial charge in [0.2, 0.25) is 0 Å². The first kappa shape index (κ1) is 25.7. The zero-order valence-electron chi connectivity index (χ0n) is 19.4. The molecule has 0 aliphatic carbocycles. The minimum Gasteiger partial charge on any atom is -0.488 e. The van der Waals surface area contributed by atoms with Crippen molar-refractivity contribution in [1.82, 2.24) is 5.32 Å². The molecular weight excluding hydrogens is 455 g/mol. The van der Waals surface area contributed by atoms with Crippen LogP contribution in [0.3, 0.4) is 0 Å². The van der Waals surface area contributed by atoms with E-state index in [2.05, 4.69) is 5.32 Å². The average Bonchev–Trinajstić information content (AvgIpc) is 2.84. The van der Waals surface area contributed by atoms with Crippen LogP contribution in [0.15, 0.2) is 60.7 Å². The molecule has 0 spiro atoms. The molecule has 7 heteroatoms. The molecule has 0 aliphatic rings. The van der Waals surface area contributed by atoms with Gasteiger partial charge in [0.15, 0.2) is 11.6 Å². The Morgan fingerprint density at radius 1 is 1.09 bits per heavy atom. The molecule has 3 rings (SSSR count). The second kappa shape index (κ2) is 11.5. The van der Waals surface area contributed by atoms with Gasteiger partial charge in [0.25, 0.3) is 0 Å². The van der Waals surface area contributed by atoms with E-state index in [1.807, 2.05) is 50.2 Å². The van der Waals surface area contributed by atoms with Crippen molar-refractivity contribution < 1.29 is 19.0 Å². The lowest BCUT2D eigenvalue weighted by Gasteiger charge is -2.31. The topological polar surface area (TPSA) is 74.5 Å². The maximum absolute atomic E-state index is 15.6. The number of nitriles is 1. The van der Waals surface area contributed by atoms with Gasteiger partial charge in [0, 0.05) is 35.8 Å². The van der Waals surface area contributed by atoms with Gasteiger partial charge >= 0.3 is 0 Å². The summed E-state index contributed by atoms with van der Waals surface area (Å²) in [7, 11) is 1.53. The summed E-state index contributed by atoms with van der Waals surface area (Å²) in [6.07, 6.45) is 0. The summed E-state index contributed by atoms with van der Waals surface area (Å²) in [5.74, 6) is -0.704. The standard InChI is InChI=1S/C27H28ClFN2O3/c1-18(2)31-17-27(32,20-7-5-4-6-8-20)21-10-11-23(28)22(15-21)25-19(16-30)9-12-24(26(25)29)34-14-13-33-3/h4-12,15,18,31-32H,13-14,17H2,1-3H3. The van der Waals surface area contributed by atoms with Crippen LogP contribution in [0.2, 0.25) is 5.02 Å². The van der Waals surface area contributed by atoms with Crippen molar-refractivity contribution in [3.8, 4) is 22.9 Å². The van der Waals surface area contributed by atoms with Gasteiger partial charge in [-0.05, 0) is 35.4 Å². The van der Waals surface area contributed by atoms with Crippen molar-refractivity contribution in [2.45, 2.75) is 25.5 Å². The molecule has 0 saturated heterocycles. The molecule has 5 nitrogen and oxygen atoms in total. The lowest BCUT2D eigenvalue weighted by atomic mass is 9.84. The molecule has 0 radical (unpaired) electrons. The number of aliphatic hydroxyl groups is 1. The van der Waals surface area contributed by atoms with Crippen LogP contribution in [0, 0.1) is 17.1 Å². The van der Waals surface area contributed by atoms with Gasteiger partial charge < -0.3 is 19.9 Å². The summed E-state index contributed by atoms with van der Waals surface area (Å²) in [6, 6.07) is 19.3. The average molecular weight is 483 g/mol. The Hall–Kier alpha value is -2.95. The molecule has 0 bridgehead atoms. The Labute approximate surface area is 204 Å². The fourth-order valence-corrected chi connectivity index (χ4v) is 3.88. The van der Waals surface area contributed by atoms with Gasteiger partial charge in [-0.15, -0.1) is 0 Å². The molecule has 2 N–H and O–H groups in total. The highest BCUT2D eigenvalue weighted by Crippen LogP contribution is 2.40. The van der Waals surface area contributed by atoms with Crippen LogP contribution >= 0.6 is 11.6 Å². The van der Waals surface area contributed by atoms with Crippen LogP contribution in [0.25, 0.3) is 11.1 Å². The van der Waals surface area contributed by atoms with E-state index in [1.54, 1.807) is 18.2 Å². The van der Waals surface area contributed by atoms with Gasteiger partial charge in [-0.25, -0.2) is 4.39 Å². The Morgan fingerprint density at radius 3 is 2.47 bits per heavy atom. The normalized spacial score (nSPS) is 12.9. The quantitative estimate of drug-likeness (QED) is 0.385. The van der Waals surface area contributed by atoms with E-state index in [4.69, 9.17) is 21.1 Å². The highest BCUT2D eigenvalue weighted by Gasteiger charge is 2.33. The third kappa shape index (κ3) is 5.57. The molecule has 0 amide bonds. The molecule has 0 saturated carbocycles. The third-order valence-corrected chi connectivity index (χ3v) is 5.83. The largest absolute Gasteiger partial charge is 0.488 e. The third-order valence-electron chi connectivity index (χ3n) is 5.50. The number of ether oxygens (including phenoxy) is 2. The molecule has 3 aromatic carbocycles. The number of rotatable bonds is 10. The predicted octanol–water partition coefficient (Wildman–Crippen LogP) is 5.28. The SMILES string of the molecule is COCCOc1ccc(C#N)c(-c2cc(C(O)(CNC(C)C)c3ccccc3)ccc2Cl)c1F. The van der Waals surface area contributed by atoms with Crippen LogP contribution in [-0.4, -0.2) is 38.0 Å². The Bertz CT molecular complexity index is 1160. The maximum atomic E-state index is 15.6. The number of hydrogen-bond acceptors (Lipinski definition) is 5. The second-order valence-electron chi connectivity index (χ2n) is 8.21. The summed E-state index contributed by atoms with van der Waals surface area (Å²) in [5.41, 5.74) is 0.204. The van der Waals surface area contributed by atoms with Crippen LogP contribution in [0.5, 0.6) is 5.75 Å². The number of nitrogens with zero attached hydrogens (tertiary/aromatic N) is 1. The Kier molecular flexibility index (Phi) is 8.65. The molecular formula is C27H28ClFN2O3. The van der Waals surface area contributed by atoms with Crippen LogP contribution in [0.4, 0.5) is 4.39 Å². The predicted molar refractivity (Wildman–Crippen MR) is 132 cm³/mol. The van der Waals surface area contributed by atoms with Crippen molar-refractivity contribution in [2.24, 2.45) is 0 Å². The summed E-state index contributed by atoms with van der Waals surface area (Å²) >= 11 is 6.50. The number of hydrogen-bond donors (Lipinski definition) is 2. The van der Waals surface area contributed by atoms with Crippen molar-refractivity contribution in [3.63, 3.8) is 0 Å². The van der Waals surface area contributed by atoms with Crippen molar-refractivity contribution in [3.05, 3.63) is 88.2 Å². The first-order chi connectivity index (χ1) is 16.3. The minimum atomic E-state index is -1.42. The van der Waals surface area contributed by atoms with E-state index in [1.165, 1.54) is 19.2 Å². The van der Waals surface area contributed by atoms with E-state index in [0.717, 1.165) is 0 Å². The van der Waals surface area contributed by atoms with Crippen LogP contribution in [-0.2, 0) is 10.3 Å². The second-order valence-corrected chi connectivity index (χ2v) is 8.62.